The second-order valence-corrected chi connectivity index (χ2v) is 8.80. The van der Waals surface area contributed by atoms with Crippen LogP contribution in [0.1, 0.15) is 11.3 Å². The van der Waals surface area contributed by atoms with Gasteiger partial charge in [0.1, 0.15) is 5.01 Å². The summed E-state index contributed by atoms with van der Waals surface area (Å²) in [6, 6.07) is 11.7. The molecule has 0 aliphatic carbocycles. The Morgan fingerprint density at radius 1 is 1.14 bits per heavy atom. The molecule has 4 aromatic rings. The van der Waals surface area contributed by atoms with E-state index in [0.29, 0.717) is 5.16 Å². The van der Waals surface area contributed by atoms with Gasteiger partial charge in [-0.2, -0.15) is 0 Å². The number of carbonyl (C=O) groups excluding carboxylic acids is 1. The van der Waals surface area contributed by atoms with Crippen LogP contribution < -0.4 is 5.32 Å². The fourth-order valence-corrected chi connectivity index (χ4v) is 4.99. The summed E-state index contributed by atoms with van der Waals surface area (Å²) in [6.45, 7) is 1.98. The van der Waals surface area contributed by atoms with Crippen LogP contribution >= 0.6 is 34.4 Å². The van der Waals surface area contributed by atoms with Crippen molar-refractivity contribution < 1.29 is 4.79 Å². The lowest BCUT2D eigenvalue weighted by Crippen LogP contribution is -2.15. The topological polar surface area (TPSA) is 67.8 Å². The van der Waals surface area contributed by atoms with Crippen LogP contribution in [0.5, 0.6) is 0 Å². The van der Waals surface area contributed by atoms with Crippen LogP contribution in [0.2, 0.25) is 0 Å². The third-order valence-electron chi connectivity index (χ3n) is 3.85. The molecule has 0 spiro atoms. The lowest BCUT2D eigenvalue weighted by atomic mass is 10.2. The van der Waals surface area contributed by atoms with Crippen molar-refractivity contribution in [2.45, 2.75) is 23.4 Å². The second-order valence-electron chi connectivity index (χ2n) is 5.96. The van der Waals surface area contributed by atoms with E-state index in [1.165, 1.54) is 11.8 Å². The first-order valence-electron chi connectivity index (χ1n) is 8.51. The lowest BCUT2D eigenvalue weighted by Gasteiger charge is -2.09. The van der Waals surface area contributed by atoms with Crippen molar-refractivity contribution in [3.8, 4) is 9.88 Å². The monoisotopic (exact) mass is 424 g/mol. The maximum absolute atomic E-state index is 12.4. The molecule has 4 rings (SSSR count). The number of nitrogens with zero attached hydrogens (tertiary/aromatic N) is 3. The van der Waals surface area contributed by atoms with Crippen LogP contribution in [-0.2, 0) is 11.2 Å². The van der Waals surface area contributed by atoms with Crippen molar-refractivity contribution in [3.05, 3.63) is 70.8 Å². The predicted octanol–water partition coefficient (Wildman–Crippen LogP) is 5.30. The Hall–Kier alpha value is -2.55. The maximum atomic E-state index is 12.4. The van der Waals surface area contributed by atoms with E-state index >= 15 is 0 Å². The highest BCUT2D eigenvalue weighted by molar-refractivity contribution is 7.99. The number of aryl methyl sites for hydroxylation is 1. The summed E-state index contributed by atoms with van der Waals surface area (Å²) >= 11 is 4.71. The minimum Gasteiger partial charge on any atom is -0.326 e. The zero-order valence-electron chi connectivity index (χ0n) is 15.0. The minimum atomic E-state index is -0.0714. The van der Waals surface area contributed by atoms with Crippen LogP contribution in [-0.4, -0.2) is 20.9 Å². The van der Waals surface area contributed by atoms with Crippen LogP contribution in [0.3, 0.4) is 0 Å². The Balaban J connectivity index is 1.39. The molecular formula is C20H16N4OS3. The Kier molecular flexibility index (Phi) is 5.80. The van der Waals surface area contributed by atoms with Crippen molar-refractivity contribution >= 4 is 46.0 Å². The van der Waals surface area contributed by atoms with Gasteiger partial charge in [-0.05, 0) is 60.0 Å². The van der Waals surface area contributed by atoms with Crippen molar-refractivity contribution in [2.24, 2.45) is 0 Å². The molecular weight excluding hydrogens is 408 g/mol. The van der Waals surface area contributed by atoms with Crippen molar-refractivity contribution in [2.75, 3.05) is 5.32 Å². The molecule has 0 bridgehead atoms. The van der Waals surface area contributed by atoms with Gasteiger partial charge in [0, 0.05) is 28.4 Å². The van der Waals surface area contributed by atoms with Gasteiger partial charge < -0.3 is 5.32 Å². The summed E-state index contributed by atoms with van der Waals surface area (Å²) in [5.74, 6) is -0.0714. The van der Waals surface area contributed by atoms with Crippen LogP contribution in [0.25, 0.3) is 9.88 Å². The van der Waals surface area contributed by atoms with Gasteiger partial charge in [-0.25, -0.2) is 15.0 Å². The summed E-state index contributed by atoms with van der Waals surface area (Å²) in [4.78, 5) is 27.6. The summed E-state index contributed by atoms with van der Waals surface area (Å²) in [6.07, 6.45) is 3.70. The first kappa shape index (κ1) is 18.8. The number of nitrogens with one attached hydrogen (secondary N) is 1. The summed E-state index contributed by atoms with van der Waals surface area (Å²) < 4.78 is 0. The van der Waals surface area contributed by atoms with Gasteiger partial charge in [0.05, 0.1) is 17.0 Å². The molecule has 0 aliphatic heterocycles. The number of anilines is 1. The predicted molar refractivity (Wildman–Crippen MR) is 115 cm³/mol. The quantitative estimate of drug-likeness (QED) is 0.425. The van der Waals surface area contributed by atoms with Gasteiger partial charge in [-0.3, -0.25) is 4.79 Å². The van der Waals surface area contributed by atoms with Gasteiger partial charge in [0.15, 0.2) is 5.16 Å². The SMILES string of the molecule is Cc1cc(Sc2ncccn2)ccc1NC(=O)Cc1csc(-c2cccs2)n1. The Bertz CT molecular complexity index is 1080. The van der Waals surface area contributed by atoms with E-state index in [1.54, 1.807) is 41.1 Å². The summed E-state index contributed by atoms with van der Waals surface area (Å²) in [7, 11) is 0. The number of thiazole rings is 1. The Morgan fingerprint density at radius 2 is 2.00 bits per heavy atom. The van der Waals surface area contributed by atoms with Gasteiger partial charge in [-0.15, -0.1) is 22.7 Å². The molecule has 0 saturated heterocycles. The van der Waals surface area contributed by atoms with Crippen molar-refractivity contribution in [1.82, 2.24) is 15.0 Å². The molecule has 1 aromatic carbocycles. The molecule has 3 aromatic heterocycles. The largest absolute Gasteiger partial charge is 0.326 e. The normalized spacial score (nSPS) is 10.8. The smallest absolute Gasteiger partial charge is 0.230 e. The van der Waals surface area contributed by atoms with Crippen molar-refractivity contribution in [3.63, 3.8) is 0 Å². The molecule has 0 fully saturated rings. The van der Waals surface area contributed by atoms with E-state index < -0.39 is 0 Å². The number of thiophene rings is 1. The molecule has 3 heterocycles. The number of benzene rings is 1. The molecule has 8 heteroatoms. The van der Waals surface area contributed by atoms with Crippen LogP contribution in [0.15, 0.2) is 69.6 Å². The fraction of sp³-hybridized carbons (Fsp3) is 0.100. The maximum Gasteiger partial charge on any atom is 0.230 e. The third kappa shape index (κ3) is 4.64. The third-order valence-corrected chi connectivity index (χ3v) is 6.66. The Labute approximate surface area is 174 Å². The number of aromatic nitrogens is 3. The highest BCUT2D eigenvalue weighted by Gasteiger charge is 2.11. The highest BCUT2D eigenvalue weighted by atomic mass is 32.2. The first-order valence-corrected chi connectivity index (χ1v) is 11.1. The zero-order valence-corrected chi connectivity index (χ0v) is 17.4. The molecule has 0 radical (unpaired) electrons. The second kappa shape index (κ2) is 8.64. The number of hydrogen-bond acceptors (Lipinski definition) is 7. The van der Waals surface area contributed by atoms with E-state index in [4.69, 9.17) is 0 Å². The lowest BCUT2D eigenvalue weighted by molar-refractivity contribution is -0.115. The highest BCUT2D eigenvalue weighted by Crippen LogP contribution is 2.29. The average Bonchev–Trinajstić information content (AvgIpc) is 3.36. The van der Waals surface area contributed by atoms with Gasteiger partial charge >= 0.3 is 0 Å². The standard InChI is InChI=1S/C20H16N4OS3/c1-13-10-15(28-20-21-7-3-8-22-20)5-6-16(13)24-18(25)11-14-12-27-19(23-14)17-4-2-9-26-17/h2-10,12H,11H2,1H3,(H,24,25). The fourth-order valence-electron chi connectivity index (χ4n) is 2.54. The van der Waals surface area contributed by atoms with Gasteiger partial charge in [0.2, 0.25) is 5.91 Å². The van der Waals surface area contributed by atoms with Crippen LogP contribution in [0, 0.1) is 6.92 Å². The molecule has 0 saturated carbocycles. The molecule has 1 N–H and O–H groups in total. The molecule has 140 valence electrons. The first-order chi connectivity index (χ1) is 13.7. The summed E-state index contributed by atoms with van der Waals surface area (Å²) in [5, 5.41) is 8.61. The number of amides is 1. The van der Waals surface area contributed by atoms with E-state index in [1.807, 2.05) is 48.0 Å². The Morgan fingerprint density at radius 3 is 2.75 bits per heavy atom. The number of carbonyl (C=O) groups is 1. The molecule has 5 nitrogen and oxygen atoms in total. The summed E-state index contributed by atoms with van der Waals surface area (Å²) in [5.41, 5.74) is 2.58. The van der Waals surface area contributed by atoms with E-state index in [2.05, 4.69) is 20.3 Å². The van der Waals surface area contributed by atoms with Crippen LogP contribution in [0.4, 0.5) is 5.69 Å². The molecule has 0 aliphatic rings. The molecule has 28 heavy (non-hydrogen) atoms. The van der Waals surface area contributed by atoms with E-state index in [0.717, 1.165) is 31.7 Å². The van der Waals surface area contributed by atoms with E-state index in [9.17, 15) is 4.79 Å². The molecule has 1 amide bonds. The minimum absolute atomic E-state index is 0.0714. The van der Waals surface area contributed by atoms with Gasteiger partial charge in [0.25, 0.3) is 0 Å². The van der Waals surface area contributed by atoms with Crippen molar-refractivity contribution in [1.29, 1.82) is 0 Å². The number of hydrogen-bond donors (Lipinski definition) is 1. The zero-order chi connectivity index (χ0) is 19.3. The number of rotatable bonds is 6. The van der Waals surface area contributed by atoms with E-state index in [-0.39, 0.29) is 12.3 Å². The average molecular weight is 425 g/mol. The molecule has 0 unspecified atom stereocenters. The van der Waals surface area contributed by atoms with Gasteiger partial charge in [-0.1, -0.05) is 6.07 Å². The molecule has 0 atom stereocenters.